The number of aromatic nitrogens is 1. The van der Waals surface area contributed by atoms with E-state index in [0.717, 1.165) is 28.1 Å². The lowest BCUT2D eigenvalue weighted by molar-refractivity contribution is 0.103. The number of hydrogen-bond donors (Lipinski definition) is 2. The van der Waals surface area contributed by atoms with Crippen molar-refractivity contribution in [1.82, 2.24) is 4.98 Å². The van der Waals surface area contributed by atoms with Crippen LogP contribution in [-0.4, -0.2) is 18.0 Å². The summed E-state index contributed by atoms with van der Waals surface area (Å²) in [6, 6.07) is 11.1. The summed E-state index contributed by atoms with van der Waals surface area (Å²) in [5.41, 5.74) is 8.37. The minimum absolute atomic E-state index is 0.226. The first-order valence-corrected chi connectivity index (χ1v) is 8.93. The number of ether oxygens (including phenoxy) is 1. The molecule has 0 fully saturated rings. The molecule has 3 N–H and O–H groups in total. The van der Waals surface area contributed by atoms with E-state index in [9.17, 15) is 4.79 Å². The number of amides is 1. The number of nitrogens with zero attached hydrogens (tertiary/aromatic N) is 1. The standard InChI is InChI=1S/C19H21N3O2S/c1-11(2)10-13-6-9-15-16(20)17(25-19(15)22-13)18(23)21-12-4-7-14(24-3)8-5-12/h4-9,11H,10,20H2,1-3H3,(H,21,23). The highest BCUT2D eigenvalue weighted by atomic mass is 32.1. The van der Waals surface area contributed by atoms with Crippen molar-refractivity contribution in [2.75, 3.05) is 18.2 Å². The van der Waals surface area contributed by atoms with E-state index in [2.05, 4.69) is 24.1 Å². The number of anilines is 2. The number of carbonyl (C=O) groups is 1. The lowest BCUT2D eigenvalue weighted by Gasteiger charge is -2.05. The van der Waals surface area contributed by atoms with E-state index in [1.54, 1.807) is 31.4 Å². The second-order valence-corrected chi connectivity index (χ2v) is 7.28. The molecular formula is C19H21N3O2S. The van der Waals surface area contributed by atoms with Gasteiger partial charge >= 0.3 is 0 Å². The molecule has 1 amide bonds. The molecule has 0 saturated carbocycles. The number of rotatable bonds is 5. The fourth-order valence-corrected chi connectivity index (χ4v) is 3.61. The smallest absolute Gasteiger partial charge is 0.267 e. The Labute approximate surface area is 150 Å². The molecule has 3 aromatic rings. The van der Waals surface area contributed by atoms with Gasteiger partial charge < -0.3 is 15.8 Å². The second kappa shape index (κ2) is 7.11. The number of carbonyl (C=O) groups excluding carboxylic acids is 1. The fraction of sp³-hybridized carbons (Fsp3) is 0.263. The zero-order valence-corrected chi connectivity index (χ0v) is 15.3. The minimum Gasteiger partial charge on any atom is -0.497 e. The van der Waals surface area contributed by atoms with Gasteiger partial charge in [-0.3, -0.25) is 4.79 Å². The van der Waals surface area contributed by atoms with Crippen LogP contribution in [0.15, 0.2) is 36.4 Å². The van der Waals surface area contributed by atoms with Crippen molar-refractivity contribution < 1.29 is 9.53 Å². The van der Waals surface area contributed by atoms with Crippen LogP contribution in [0.5, 0.6) is 5.75 Å². The minimum atomic E-state index is -0.226. The second-order valence-electron chi connectivity index (χ2n) is 6.28. The predicted octanol–water partition coefficient (Wildman–Crippen LogP) is 4.34. The van der Waals surface area contributed by atoms with E-state index >= 15 is 0 Å². The van der Waals surface area contributed by atoms with Gasteiger partial charge in [-0.15, -0.1) is 11.3 Å². The normalized spacial score (nSPS) is 11.0. The Morgan fingerprint density at radius 1 is 1.24 bits per heavy atom. The molecule has 6 heteroatoms. The maximum atomic E-state index is 12.6. The van der Waals surface area contributed by atoms with Crippen molar-refractivity contribution in [3.05, 3.63) is 47.0 Å². The van der Waals surface area contributed by atoms with Gasteiger partial charge in [0, 0.05) is 16.8 Å². The van der Waals surface area contributed by atoms with Crippen LogP contribution in [0.1, 0.15) is 29.2 Å². The third-order valence-corrected chi connectivity index (χ3v) is 4.94. The molecule has 0 spiro atoms. The SMILES string of the molecule is COc1ccc(NC(=O)c2sc3nc(CC(C)C)ccc3c2N)cc1. The van der Waals surface area contributed by atoms with Crippen molar-refractivity contribution in [3.63, 3.8) is 0 Å². The Kier molecular flexibility index (Phi) is 4.90. The van der Waals surface area contributed by atoms with Crippen LogP contribution in [0, 0.1) is 5.92 Å². The predicted molar refractivity (Wildman–Crippen MR) is 104 cm³/mol. The first kappa shape index (κ1) is 17.2. The van der Waals surface area contributed by atoms with Crippen molar-refractivity contribution >= 4 is 38.8 Å². The summed E-state index contributed by atoms with van der Waals surface area (Å²) in [6.45, 7) is 4.31. The van der Waals surface area contributed by atoms with Crippen LogP contribution >= 0.6 is 11.3 Å². The van der Waals surface area contributed by atoms with Gasteiger partial charge in [-0.25, -0.2) is 4.98 Å². The monoisotopic (exact) mass is 355 g/mol. The zero-order chi connectivity index (χ0) is 18.0. The van der Waals surface area contributed by atoms with Crippen LogP contribution < -0.4 is 15.8 Å². The number of methoxy groups -OCH3 is 1. The number of pyridine rings is 1. The third kappa shape index (κ3) is 3.74. The van der Waals surface area contributed by atoms with E-state index in [1.807, 2.05) is 12.1 Å². The molecule has 0 aliphatic carbocycles. The number of hydrogen-bond acceptors (Lipinski definition) is 5. The number of nitrogens with two attached hydrogens (primary N) is 1. The van der Waals surface area contributed by atoms with Crippen LogP contribution in [0.25, 0.3) is 10.2 Å². The fourth-order valence-electron chi connectivity index (χ4n) is 2.60. The molecule has 2 aromatic heterocycles. The first-order valence-electron chi connectivity index (χ1n) is 8.11. The van der Waals surface area contributed by atoms with Crippen molar-refractivity contribution in [2.45, 2.75) is 20.3 Å². The summed E-state index contributed by atoms with van der Waals surface area (Å²) >= 11 is 1.33. The lowest BCUT2D eigenvalue weighted by Crippen LogP contribution is -2.11. The quantitative estimate of drug-likeness (QED) is 0.714. The van der Waals surface area contributed by atoms with Crippen LogP contribution in [0.2, 0.25) is 0 Å². The number of nitrogen functional groups attached to an aromatic ring is 1. The van der Waals surface area contributed by atoms with Crippen molar-refractivity contribution in [2.24, 2.45) is 5.92 Å². The molecule has 0 aliphatic heterocycles. The third-order valence-electron chi connectivity index (χ3n) is 3.82. The molecule has 0 saturated heterocycles. The van der Waals surface area contributed by atoms with Gasteiger partial charge in [0.1, 0.15) is 15.5 Å². The van der Waals surface area contributed by atoms with Gasteiger partial charge in [-0.05, 0) is 48.7 Å². The summed E-state index contributed by atoms with van der Waals surface area (Å²) in [5.74, 6) is 1.04. The zero-order valence-electron chi connectivity index (χ0n) is 14.5. The Morgan fingerprint density at radius 3 is 2.60 bits per heavy atom. The van der Waals surface area contributed by atoms with E-state index in [1.165, 1.54) is 11.3 Å². The van der Waals surface area contributed by atoms with Gasteiger partial charge in [-0.2, -0.15) is 0 Å². The Balaban J connectivity index is 1.86. The summed E-state index contributed by atoms with van der Waals surface area (Å²) in [6.07, 6.45) is 0.904. The van der Waals surface area contributed by atoms with Gasteiger partial charge in [0.05, 0.1) is 12.8 Å². The molecule has 0 bridgehead atoms. The largest absolute Gasteiger partial charge is 0.497 e. The highest BCUT2D eigenvalue weighted by Gasteiger charge is 2.18. The Bertz CT molecular complexity index is 901. The van der Waals surface area contributed by atoms with Crippen LogP contribution in [0.4, 0.5) is 11.4 Å². The topological polar surface area (TPSA) is 77.2 Å². The molecular weight excluding hydrogens is 334 g/mol. The molecule has 0 atom stereocenters. The molecule has 0 aliphatic rings. The summed E-state index contributed by atoms with van der Waals surface area (Å²) < 4.78 is 5.12. The average Bonchev–Trinajstić information content (AvgIpc) is 2.91. The first-order chi connectivity index (χ1) is 12.0. The van der Waals surface area contributed by atoms with Crippen LogP contribution in [0.3, 0.4) is 0 Å². The summed E-state index contributed by atoms with van der Waals surface area (Å²) in [5, 5.41) is 3.70. The molecule has 130 valence electrons. The molecule has 0 unspecified atom stereocenters. The maximum Gasteiger partial charge on any atom is 0.267 e. The average molecular weight is 355 g/mol. The number of thiophene rings is 1. The van der Waals surface area contributed by atoms with Crippen molar-refractivity contribution in [3.8, 4) is 5.75 Å². The number of fused-ring (bicyclic) bond motifs is 1. The summed E-state index contributed by atoms with van der Waals surface area (Å²) in [4.78, 5) is 18.5. The number of nitrogens with one attached hydrogen (secondary N) is 1. The molecule has 5 nitrogen and oxygen atoms in total. The van der Waals surface area contributed by atoms with E-state index < -0.39 is 0 Å². The molecule has 3 rings (SSSR count). The van der Waals surface area contributed by atoms with E-state index in [-0.39, 0.29) is 5.91 Å². The molecule has 2 heterocycles. The molecule has 0 radical (unpaired) electrons. The van der Waals surface area contributed by atoms with E-state index in [4.69, 9.17) is 10.5 Å². The highest BCUT2D eigenvalue weighted by Crippen LogP contribution is 2.33. The maximum absolute atomic E-state index is 12.6. The Morgan fingerprint density at radius 2 is 1.96 bits per heavy atom. The highest BCUT2D eigenvalue weighted by molar-refractivity contribution is 7.21. The summed E-state index contributed by atoms with van der Waals surface area (Å²) in [7, 11) is 1.60. The lowest BCUT2D eigenvalue weighted by atomic mass is 10.1. The van der Waals surface area contributed by atoms with Crippen LogP contribution in [-0.2, 0) is 6.42 Å². The number of benzene rings is 1. The van der Waals surface area contributed by atoms with E-state index in [0.29, 0.717) is 22.2 Å². The molecule has 1 aromatic carbocycles. The van der Waals surface area contributed by atoms with Crippen molar-refractivity contribution in [1.29, 1.82) is 0 Å². The van der Waals surface area contributed by atoms with Gasteiger partial charge in [-0.1, -0.05) is 13.8 Å². The van der Waals surface area contributed by atoms with Gasteiger partial charge in [0.25, 0.3) is 5.91 Å². The van der Waals surface area contributed by atoms with Gasteiger partial charge in [0.15, 0.2) is 0 Å². The van der Waals surface area contributed by atoms with Gasteiger partial charge in [0.2, 0.25) is 0 Å². The Hall–Kier alpha value is -2.60. The molecule has 25 heavy (non-hydrogen) atoms.